The first kappa shape index (κ1) is 7.62. The predicted molar refractivity (Wildman–Crippen MR) is 33.9 cm³/mol. The Kier molecular flexibility index (Phi) is 3.43. The van der Waals surface area contributed by atoms with E-state index in [-0.39, 0.29) is 0 Å². The van der Waals surface area contributed by atoms with Gasteiger partial charge in [-0.2, -0.15) is 0 Å². The Morgan fingerprint density at radius 3 is 2.50 bits per heavy atom. The van der Waals surface area contributed by atoms with E-state index in [9.17, 15) is 4.79 Å². The minimum atomic E-state index is -0.892. The van der Waals surface area contributed by atoms with Gasteiger partial charge in [-0.3, -0.25) is 4.31 Å². The molecule has 0 aromatic rings. The number of nitrogens with zero attached hydrogens (tertiary/aromatic N) is 1. The van der Waals surface area contributed by atoms with Crippen molar-refractivity contribution in [3.8, 4) is 0 Å². The Labute approximate surface area is 52.8 Å². The largest absolute Gasteiger partial charge is 0.464 e. The van der Waals surface area contributed by atoms with Crippen LogP contribution in [0.3, 0.4) is 0 Å². The molecule has 0 aliphatic heterocycles. The van der Waals surface area contributed by atoms with Gasteiger partial charge < -0.3 is 5.11 Å². The van der Waals surface area contributed by atoms with Gasteiger partial charge in [0.2, 0.25) is 0 Å². The molecule has 0 fully saturated rings. The summed E-state index contributed by atoms with van der Waals surface area (Å²) in [5.74, 6) is 0.794. The molecule has 4 heteroatoms. The highest BCUT2D eigenvalue weighted by atomic mass is 32.2. The van der Waals surface area contributed by atoms with Gasteiger partial charge in [-0.15, -0.1) is 0 Å². The third kappa shape index (κ3) is 2.74. The second-order valence-electron chi connectivity index (χ2n) is 1.20. The second kappa shape index (κ2) is 3.60. The molecule has 0 unspecified atom stereocenters. The fraction of sp³-hybridized carbons (Fsp3) is 0.750. The van der Waals surface area contributed by atoms with Gasteiger partial charge in [0.1, 0.15) is 0 Å². The Morgan fingerprint density at radius 1 is 1.88 bits per heavy atom. The molecule has 0 aromatic heterocycles. The topological polar surface area (TPSA) is 40.5 Å². The van der Waals surface area contributed by atoms with Crippen LogP contribution in [0.25, 0.3) is 0 Å². The van der Waals surface area contributed by atoms with Crippen LogP contribution >= 0.6 is 11.9 Å². The quantitative estimate of drug-likeness (QED) is 0.579. The van der Waals surface area contributed by atoms with Crippen LogP contribution in [0.5, 0.6) is 0 Å². The average molecular weight is 135 g/mol. The molecule has 48 valence electrons. The molecule has 0 saturated heterocycles. The maximum Gasteiger partial charge on any atom is 0.417 e. The van der Waals surface area contributed by atoms with Gasteiger partial charge in [-0.05, 0) is 11.9 Å². The van der Waals surface area contributed by atoms with Crippen molar-refractivity contribution >= 4 is 18.0 Å². The van der Waals surface area contributed by atoms with Crippen LogP contribution in [0.2, 0.25) is 0 Å². The molecule has 0 rings (SSSR count). The lowest BCUT2D eigenvalue weighted by Gasteiger charge is -2.07. The van der Waals surface area contributed by atoms with E-state index >= 15 is 0 Å². The molecule has 0 atom stereocenters. The summed E-state index contributed by atoms with van der Waals surface area (Å²) in [6, 6.07) is 0. The number of carboxylic acid groups (broad SMARTS) is 1. The van der Waals surface area contributed by atoms with E-state index in [2.05, 4.69) is 0 Å². The highest BCUT2D eigenvalue weighted by Crippen LogP contribution is 2.03. The molecule has 0 aromatic carbocycles. The standard InChI is InChI=1S/C4H9NO2S/c1-3-8-5(2)4(6)7/h3H2,1-2H3,(H,6,7). The van der Waals surface area contributed by atoms with Crippen LogP contribution in [-0.4, -0.2) is 28.3 Å². The first-order valence-electron chi connectivity index (χ1n) is 2.28. The fourth-order valence-electron chi connectivity index (χ4n) is 0.249. The van der Waals surface area contributed by atoms with Crippen LogP contribution in [0.1, 0.15) is 6.92 Å². The number of rotatable bonds is 2. The zero-order chi connectivity index (χ0) is 6.57. The van der Waals surface area contributed by atoms with E-state index in [1.807, 2.05) is 6.92 Å². The number of hydrogen-bond acceptors (Lipinski definition) is 2. The van der Waals surface area contributed by atoms with Crippen molar-refractivity contribution in [1.29, 1.82) is 0 Å². The first-order chi connectivity index (χ1) is 3.68. The number of carbonyl (C=O) groups is 1. The summed E-state index contributed by atoms with van der Waals surface area (Å²) in [7, 11) is 1.52. The minimum Gasteiger partial charge on any atom is -0.464 e. The molecule has 0 spiro atoms. The van der Waals surface area contributed by atoms with Crippen molar-refractivity contribution < 1.29 is 9.90 Å². The van der Waals surface area contributed by atoms with Crippen LogP contribution in [0.15, 0.2) is 0 Å². The Balaban J connectivity index is 3.32. The third-order valence-electron chi connectivity index (χ3n) is 0.592. The normalized spacial score (nSPS) is 8.75. The van der Waals surface area contributed by atoms with Gasteiger partial charge in [0.25, 0.3) is 0 Å². The monoisotopic (exact) mass is 135 g/mol. The van der Waals surface area contributed by atoms with Crippen LogP contribution < -0.4 is 0 Å². The SMILES string of the molecule is CCSN(C)C(=O)O. The molecule has 1 amide bonds. The molecule has 1 N–H and O–H groups in total. The van der Waals surface area contributed by atoms with Crippen LogP contribution in [-0.2, 0) is 0 Å². The van der Waals surface area contributed by atoms with E-state index in [0.29, 0.717) is 0 Å². The summed E-state index contributed by atoms with van der Waals surface area (Å²) in [6.07, 6.45) is -0.892. The van der Waals surface area contributed by atoms with Crippen molar-refractivity contribution in [1.82, 2.24) is 4.31 Å². The molecule has 3 nitrogen and oxygen atoms in total. The van der Waals surface area contributed by atoms with Gasteiger partial charge in [0, 0.05) is 12.8 Å². The van der Waals surface area contributed by atoms with Crippen LogP contribution in [0.4, 0.5) is 4.79 Å². The van der Waals surface area contributed by atoms with Gasteiger partial charge in [0.15, 0.2) is 0 Å². The molecule has 0 aliphatic carbocycles. The third-order valence-corrected chi connectivity index (χ3v) is 1.39. The zero-order valence-electron chi connectivity index (χ0n) is 4.92. The molecule has 0 bridgehead atoms. The maximum atomic E-state index is 9.99. The summed E-state index contributed by atoms with van der Waals surface area (Å²) in [5.41, 5.74) is 0. The van der Waals surface area contributed by atoms with E-state index in [0.717, 1.165) is 5.75 Å². The van der Waals surface area contributed by atoms with Gasteiger partial charge >= 0.3 is 6.09 Å². The lowest BCUT2D eigenvalue weighted by molar-refractivity contribution is 0.181. The molecular weight excluding hydrogens is 126 g/mol. The lowest BCUT2D eigenvalue weighted by Crippen LogP contribution is -2.16. The minimum absolute atomic E-state index is 0.794. The van der Waals surface area contributed by atoms with Crippen molar-refractivity contribution in [2.45, 2.75) is 6.92 Å². The summed E-state index contributed by atoms with van der Waals surface area (Å²) in [5, 5.41) is 8.22. The maximum absolute atomic E-state index is 9.99. The molecule has 0 aliphatic rings. The molecule has 8 heavy (non-hydrogen) atoms. The van der Waals surface area contributed by atoms with Crippen molar-refractivity contribution in [3.63, 3.8) is 0 Å². The highest BCUT2D eigenvalue weighted by molar-refractivity contribution is 7.97. The zero-order valence-corrected chi connectivity index (χ0v) is 5.73. The lowest BCUT2D eigenvalue weighted by atomic mass is 11.0. The molecule has 0 radical (unpaired) electrons. The smallest absolute Gasteiger partial charge is 0.417 e. The van der Waals surface area contributed by atoms with Gasteiger partial charge in [-0.1, -0.05) is 6.92 Å². The Bertz CT molecular complexity index is 86.1. The van der Waals surface area contributed by atoms with E-state index in [1.165, 1.54) is 23.3 Å². The highest BCUT2D eigenvalue weighted by Gasteiger charge is 2.01. The summed E-state index contributed by atoms with van der Waals surface area (Å²) in [4.78, 5) is 9.99. The summed E-state index contributed by atoms with van der Waals surface area (Å²) >= 11 is 1.27. The fourth-order valence-corrected chi connectivity index (χ4v) is 0.747. The molecular formula is C4H9NO2S. The van der Waals surface area contributed by atoms with E-state index in [4.69, 9.17) is 5.11 Å². The van der Waals surface area contributed by atoms with Gasteiger partial charge in [0.05, 0.1) is 0 Å². The molecule has 0 saturated carbocycles. The van der Waals surface area contributed by atoms with Crippen molar-refractivity contribution in [2.75, 3.05) is 12.8 Å². The summed E-state index contributed by atoms with van der Waals surface area (Å²) in [6.45, 7) is 1.91. The predicted octanol–water partition coefficient (Wildman–Crippen LogP) is 1.26. The molecule has 0 heterocycles. The van der Waals surface area contributed by atoms with Crippen molar-refractivity contribution in [2.24, 2.45) is 0 Å². The second-order valence-corrected chi connectivity index (χ2v) is 2.58. The van der Waals surface area contributed by atoms with Gasteiger partial charge in [-0.25, -0.2) is 4.79 Å². The first-order valence-corrected chi connectivity index (χ1v) is 3.22. The average Bonchev–Trinajstić information content (AvgIpc) is 1.67. The Hall–Kier alpha value is -0.380. The number of amides is 1. The number of hydrogen-bond donors (Lipinski definition) is 1. The summed E-state index contributed by atoms with van der Waals surface area (Å²) < 4.78 is 1.18. The van der Waals surface area contributed by atoms with E-state index in [1.54, 1.807) is 0 Å². The van der Waals surface area contributed by atoms with Crippen LogP contribution in [0, 0.1) is 0 Å². The van der Waals surface area contributed by atoms with Crippen molar-refractivity contribution in [3.05, 3.63) is 0 Å². The Morgan fingerprint density at radius 2 is 2.38 bits per heavy atom. The van der Waals surface area contributed by atoms with E-state index < -0.39 is 6.09 Å².